The van der Waals surface area contributed by atoms with E-state index in [0.29, 0.717) is 35.3 Å². The predicted octanol–water partition coefficient (Wildman–Crippen LogP) is 3.42. The van der Waals surface area contributed by atoms with E-state index in [9.17, 15) is 4.79 Å². The van der Waals surface area contributed by atoms with Gasteiger partial charge in [-0.2, -0.15) is 4.98 Å². The first-order chi connectivity index (χ1) is 10.7. The van der Waals surface area contributed by atoms with E-state index in [0.717, 1.165) is 4.88 Å². The number of halogens is 1. The molecular formula is C15H12ClN3O2S. The third-order valence-electron chi connectivity index (χ3n) is 2.95. The second kappa shape index (κ2) is 6.72. The Morgan fingerprint density at radius 2 is 2.14 bits per heavy atom. The van der Waals surface area contributed by atoms with Crippen molar-refractivity contribution in [1.82, 2.24) is 15.5 Å². The lowest BCUT2D eigenvalue weighted by Crippen LogP contribution is -2.26. The molecule has 2 aromatic heterocycles. The van der Waals surface area contributed by atoms with Crippen molar-refractivity contribution in [1.29, 1.82) is 0 Å². The Morgan fingerprint density at radius 3 is 2.91 bits per heavy atom. The van der Waals surface area contributed by atoms with Crippen LogP contribution >= 0.6 is 22.9 Å². The zero-order chi connectivity index (χ0) is 15.4. The van der Waals surface area contributed by atoms with E-state index in [1.54, 1.807) is 35.6 Å². The number of nitrogens with one attached hydrogen (secondary N) is 1. The highest BCUT2D eigenvalue weighted by molar-refractivity contribution is 7.13. The molecule has 0 atom stereocenters. The monoisotopic (exact) mass is 333 g/mol. The summed E-state index contributed by atoms with van der Waals surface area (Å²) < 4.78 is 5.17. The van der Waals surface area contributed by atoms with Gasteiger partial charge in [-0.05, 0) is 23.6 Å². The number of thiophene rings is 1. The van der Waals surface area contributed by atoms with Crippen LogP contribution in [-0.2, 0) is 6.42 Å². The molecule has 2 heterocycles. The van der Waals surface area contributed by atoms with Crippen LogP contribution < -0.4 is 5.32 Å². The van der Waals surface area contributed by atoms with Crippen LogP contribution in [0.5, 0.6) is 0 Å². The van der Waals surface area contributed by atoms with Gasteiger partial charge in [0, 0.05) is 13.0 Å². The van der Waals surface area contributed by atoms with Crippen LogP contribution in [-0.4, -0.2) is 22.6 Å². The molecule has 112 valence electrons. The molecule has 0 aliphatic heterocycles. The van der Waals surface area contributed by atoms with E-state index in [4.69, 9.17) is 16.1 Å². The average Bonchev–Trinajstić information content (AvgIpc) is 3.18. The van der Waals surface area contributed by atoms with Crippen molar-refractivity contribution in [3.63, 3.8) is 0 Å². The van der Waals surface area contributed by atoms with Gasteiger partial charge in [0.1, 0.15) is 0 Å². The van der Waals surface area contributed by atoms with Gasteiger partial charge in [-0.25, -0.2) is 0 Å². The summed E-state index contributed by atoms with van der Waals surface area (Å²) in [5.74, 6) is 0.842. The lowest BCUT2D eigenvalue weighted by molar-refractivity contribution is 0.0953. The second-order valence-electron chi connectivity index (χ2n) is 4.47. The molecule has 0 aliphatic rings. The number of carbonyl (C=O) groups excluding carboxylic acids is 1. The van der Waals surface area contributed by atoms with Gasteiger partial charge in [0.15, 0.2) is 0 Å². The smallest absolute Gasteiger partial charge is 0.252 e. The Morgan fingerprint density at radius 1 is 1.27 bits per heavy atom. The van der Waals surface area contributed by atoms with Gasteiger partial charge in [0.25, 0.3) is 5.91 Å². The van der Waals surface area contributed by atoms with Gasteiger partial charge >= 0.3 is 0 Å². The summed E-state index contributed by atoms with van der Waals surface area (Å²) in [5.41, 5.74) is 0.453. The van der Waals surface area contributed by atoms with Crippen molar-refractivity contribution in [2.45, 2.75) is 6.42 Å². The number of amides is 1. The van der Waals surface area contributed by atoms with Crippen molar-refractivity contribution in [2.24, 2.45) is 0 Å². The molecule has 0 spiro atoms. The molecule has 0 saturated heterocycles. The van der Waals surface area contributed by atoms with E-state index in [2.05, 4.69) is 15.5 Å². The third-order valence-corrected chi connectivity index (χ3v) is 4.15. The van der Waals surface area contributed by atoms with E-state index in [1.165, 1.54) is 0 Å². The summed E-state index contributed by atoms with van der Waals surface area (Å²) in [6.45, 7) is 0.399. The van der Waals surface area contributed by atoms with Crippen LogP contribution in [0.15, 0.2) is 46.3 Å². The van der Waals surface area contributed by atoms with Crippen molar-refractivity contribution in [2.75, 3.05) is 6.54 Å². The predicted molar refractivity (Wildman–Crippen MR) is 85.1 cm³/mol. The fraction of sp³-hybridized carbons (Fsp3) is 0.133. The van der Waals surface area contributed by atoms with Gasteiger partial charge in [-0.1, -0.05) is 35.0 Å². The summed E-state index contributed by atoms with van der Waals surface area (Å²) in [5, 5.41) is 9.08. The maximum atomic E-state index is 12.0. The third kappa shape index (κ3) is 3.35. The molecule has 1 aromatic carbocycles. The SMILES string of the molecule is O=C(NCCc1nc(-c2cccs2)no1)c1ccccc1Cl. The Labute approximate surface area is 135 Å². The average molecular weight is 334 g/mol. The summed E-state index contributed by atoms with van der Waals surface area (Å²) in [6, 6.07) is 10.8. The summed E-state index contributed by atoms with van der Waals surface area (Å²) in [4.78, 5) is 17.2. The normalized spacial score (nSPS) is 10.6. The lowest BCUT2D eigenvalue weighted by atomic mass is 10.2. The molecule has 0 saturated carbocycles. The standard InChI is InChI=1S/C15H12ClN3O2S/c16-11-5-2-1-4-10(11)15(20)17-8-7-13-18-14(19-21-13)12-6-3-9-22-12/h1-6,9H,7-8H2,(H,17,20). The van der Waals surface area contributed by atoms with Crippen LogP contribution in [0.2, 0.25) is 5.02 Å². The molecule has 0 unspecified atom stereocenters. The summed E-state index contributed by atoms with van der Waals surface area (Å²) in [6.07, 6.45) is 0.467. The molecular weight excluding hydrogens is 322 g/mol. The van der Waals surface area contributed by atoms with Crippen LogP contribution in [0.4, 0.5) is 0 Å². The fourth-order valence-electron chi connectivity index (χ4n) is 1.89. The van der Waals surface area contributed by atoms with Gasteiger partial charge in [0.05, 0.1) is 15.5 Å². The first kappa shape index (κ1) is 14.7. The molecule has 5 nitrogen and oxygen atoms in total. The van der Waals surface area contributed by atoms with Crippen molar-refractivity contribution in [3.8, 4) is 10.7 Å². The molecule has 3 aromatic rings. The maximum Gasteiger partial charge on any atom is 0.252 e. The first-order valence-electron chi connectivity index (χ1n) is 6.63. The minimum absolute atomic E-state index is 0.219. The minimum Gasteiger partial charge on any atom is -0.351 e. The quantitative estimate of drug-likeness (QED) is 0.776. The van der Waals surface area contributed by atoms with E-state index < -0.39 is 0 Å². The number of aromatic nitrogens is 2. The Hall–Kier alpha value is -2.18. The highest BCUT2D eigenvalue weighted by Gasteiger charge is 2.11. The summed E-state index contributed by atoms with van der Waals surface area (Å²) in [7, 11) is 0. The van der Waals surface area contributed by atoms with Crippen molar-refractivity contribution < 1.29 is 9.32 Å². The Bertz CT molecular complexity index is 771. The topological polar surface area (TPSA) is 68.0 Å². The molecule has 3 rings (SSSR count). The zero-order valence-corrected chi connectivity index (χ0v) is 13.0. The van der Waals surface area contributed by atoms with Crippen LogP contribution in [0.25, 0.3) is 10.7 Å². The van der Waals surface area contributed by atoms with E-state index in [-0.39, 0.29) is 5.91 Å². The van der Waals surface area contributed by atoms with Gasteiger partial charge in [-0.3, -0.25) is 4.79 Å². The first-order valence-corrected chi connectivity index (χ1v) is 7.89. The minimum atomic E-state index is -0.219. The molecule has 0 aliphatic carbocycles. The highest BCUT2D eigenvalue weighted by Crippen LogP contribution is 2.21. The largest absolute Gasteiger partial charge is 0.351 e. The molecule has 1 N–H and O–H groups in total. The Kier molecular flexibility index (Phi) is 4.50. The molecule has 7 heteroatoms. The molecule has 1 amide bonds. The van der Waals surface area contributed by atoms with Crippen LogP contribution in [0.1, 0.15) is 16.2 Å². The van der Waals surface area contributed by atoms with Crippen LogP contribution in [0.3, 0.4) is 0 Å². The van der Waals surface area contributed by atoms with Crippen molar-refractivity contribution >= 4 is 28.8 Å². The molecule has 22 heavy (non-hydrogen) atoms. The number of hydrogen-bond acceptors (Lipinski definition) is 5. The highest BCUT2D eigenvalue weighted by atomic mass is 35.5. The number of hydrogen-bond donors (Lipinski definition) is 1. The molecule has 0 bridgehead atoms. The van der Waals surface area contributed by atoms with Gasteiger partial charge < -0.3 is 9.84 Å². The number of nitrogens with zero attached hydrogens (tertiary/aromatic N) is 2. The number of carbonyl (C=O) groups is 1. The van der Waals surface area contributed by atoms with E-state index in [1.807, 2.05) is 17.5 Å². The second-order valence-corrected chi connectivity index (χ2v) is 5.83. The molecule has 0 fully saturated rings. The lowest BCUT2D eigenvalue weighted by Gasteiger charge is -2.04. The fourth-order valence-corrected chi connectivity index (χ4v) is 2.76. The Balaban J connectivity index is 1.55. The van der Waals surface area contributed by atoms with E-state index >= 15 is 0 Å². The van der Waals surface area contributed by atoms with Gasteiger partial charge in [-0.15, -0.1) is 11.3 Å². The van der Waals surface area contributed by atoms with Crippen LogP contribution in [0, 0.1) is 0 Å². The number of benzene rings is 1. The van der Waals surface area contributed by atoms with Gasteiger partial charge in [0.2, 0.25) is 11.7 Å². The maximum absolute atomic E-state index is 12.0. The summed E-state index contributed by atoms with van der Waals surface area (Å²) >= 11 is 7.52. The molecule has 0 radical (unpaired) electrons. The number of rotatable bonds is 5. The van der Waals surface area contributed by atoms with Crippen molar-refractivity contribution in [3.05, 3.63) is 58.3 Å². The zero-order valence-electron chi connectivity index (χ0n) is 11.5.